The Hall–Kier alpha value is -1.38. The van der Waals surface area contributed by atoms with E-state index in [1.165, 1.54) is 16.8 Å². The lowest BCUT2D eigenvalue weighted by atomic mass is 10.0. The maximum Gasteiger partial charge on any atom is 0.175 e. The normalized spacial score (nSPS) is 15.8. The van der Waals surface area contributed by atoms with Gasteiger partial charge in [-0.25, -0.2) is 4.99 Å². The Labute approximate surface area is 105 Å². The number of likely N-dealkylation sites (N-methyl/N-ethyl adjacent to an activating group) is 1. The molecule has 17 heavy (non-hydrogen) atoms. The molecule has 0 amide bonds. The smallest absolute Gasteiger partial charge is 0.175 e. The molecule has 1 aromatic heterocycles. The zero-order chi connectivity index (χ0) is 12.3. The number of aliphatic imine (C=N–C) groups is 1. The fourth-order valence-corrected chi connectivity index (χ4v) is 3.09. The van der Waals surface area contributed by atoms with Crippen LogP contribution in [0, 0.1) is 11.3 Å². The van der Waals surface area contributed by atoms with E-state index in [0.717, 1.165) is 30.1 Å². The number of fused-ring (bicyclic) bond motifs is 1. The Bertz CT molecular complexity index is 473. The van der Waals surface area contributed by atoms with E-state index in [1.807, 2.05) is 6.92 Å². The second kappa shape index (κ2) is 5.30. The molecule has 0 saturated carbocycles. The molecule has 0 atom stereocenters. The average Bonchev–Trinajstić information content (AvgIpc) is 2.66. The van der Waals surface area contributed by atoms with Gasteiger partial charge in [0, 0.05) is 18.0 Å². The summed E-state index contributed by atoms with van der Waals surface area (Å²) in [6.07, 6.45) is 2.37. The van der Waals surface area contributed by atoms with Crippen LogP contribution >= 0.6 is 11.3 Å². The van der Waals surface area contributed by atoms with Gasteiger partial charge in [0.05, 0.1) is 12.2 Å². The third-order valence-electron chi connectivity index (χ3n) is 2.75. The monoisotopic (exact) mass is 249 g/mol. The first-order valence-corrected chi connectivity index (χ1v) is 6.45. The predicted octanol–water partition coefficient (Wildman–Crippen LogP) is 2.30. The third-order valence-corrected chi connectivity index (χ3v) is 3.88. The highest BCUT2D eigenvalue weighted by Crippen LogP contribution is 2.37. The molecule has 0 aliphatic carbocycles. The first kappa shape index (κ1) is 12.1. The van der Waals surface area contributed by atoms with E-state index in [0.29, 0.717) is 6.61 Å². The summed E-state index contributed by atoms with van der Waals surface area (Å²) in [5, 5.41) is 9.99. The molecule has 90 valence electrons. The number of nitrogens with zero attached hydrogens (tertiary/aromatic N) is 3. The molecule has 0 saturated heterocycles. The fourth-order valence-electron chi connectivity index (χ4n) is 1.88. The number of thiophene rings is 1. The van der Waals surface area contributed by atoms with Crippen molar-refractivity contribution in [1.82, 2.24) is 4.90 Å². The van der Waals surface area contributed by atoms with E-state index in [-0.39, 0.29) is 0 Å². The first-order valence-electron chi connectivity index (χ1n) is 5.63. The van der Waals surface area contributed by atoms with Gasteiger partial charge >= 0.3 is 0 Å². The molecule has 5 heteroatoms. The van der Waals surface area contributed by atoms with Crippen molar-refractivity contribution in [2.45, 2.75) is 19.9 Å². The van der Waals surface area contributed by atoms with Crippen LogP contribution in [-0.2, 0) is 17.7 Å². The summed E-state index contributed by atoms with van der Waals surface area (Å²) in [5.74, 6) is 0. The summed E-state index contributed by atoms with van der Waals surface area (Å²) in [7, 11) is 2.10. The Morgan fingerprint density at radius 2 is 2.47 bits per heavy atom. The summed E-state index contributed by atoms with van der Waals surface area (Å²) in [6.45, 7) is 4.43. The molecule has 0 radical (unpaired) electrons. The molecule has 4 nitrogen and oxygen atoms in total. The lowest BCUT2D eigenvalue weighted by Crippen LogP contribution is -2.25. The minimum Gasteiger partial charge on any atom is -0.483 e. The molecule has 1 aromatic rings. The molecule has 2 rings (SSSR count). The van der Waals surface area contributed by atoms with Crippen molar-refractivity contribution in [3.05, 3.63) is 16.0 Å². The Morgan fingerprint density at radius 3 is 3.18 bits per heavy atom. The zero-order valence-electron chi connectivity index (χ0n) is 10.1. The van der Waals surface area contributed by atoms with Crippen molar-refractivity contribution in [1.29, 1.82) is 5.26 Å². The van der Waals surface area contributed by atoms with E-state index in [4.69, 9.17) is 4.74 Å². The number of hydrogen-bond donors (Lipinski definition) is 0. The quantitative estimate of drug-likeness (QED) is 0.610. The van der Waals surface area contributed by atoms with Gasteiger partial charge in [-0.1, -0.05) is 0 Å². The summed E-state index contributed by atoms with van der Waals surface area (Å²) in [4.78, 5) is 7.75. The molecule has 0 aromatic carbocycles. The minimum atomic E-state index is 0.596. The lowest BCUT2D eigenvalue weighted by molar-refractivity contribution is 0.317. The van der Waals surface area contributed by atoms with Crippen LogP contribution in [0.5, 0.6) is 0 Å². The molecule has 2 heterocycles. The van der Waals surface area contributed by atoms with E-state index < -0.39 is 0 Å². The summed E-state index contributed by atoms with van der Waals surface area (Å²) in [5.41, 5.74) is 1.91. The highest BCUT2D eigenvalue weighted by atomic mass is 32.1. The van der Waals surface area contributed by atoms with Crippen molar-refractivity contribution in [3.63, 3.8) is 0 Å². The van der Waals surface area contributed by atoms with Crippen LogP contribution in [0.25, 0.3) is 0 Å². The van der Waals surface area contributed by atoms with Gasteiger partial charge in [-0.05, 0) is 26.0 Å². The zero-order valence-corrected chi connectivity index (χ0v) is 10.9. The lowest BCUT2D eigenvalue weighted by Gasteiger charge is -2.21. The predicted molar refractivity (Wildman–Crippen MR) is 68.9 cm³/mol. The first-order chi connectivity index (χ1) is 8.26. The highest BCUT2D eigenvalue weighted by Gasteiger charge is 2.22. The van der Waals surface area contributed by atoms with Crippen molar-refractivity contribution in [2.75, 3.05) is 20.2 Å². The van der Waals surface area contributed by atoms with Gasteiger partial charge in [-0.3, -0.25) is 0 Å². The second-order valence-electron chi connectivity index (χ2n) is 3.97. The van der Waals surface area contributed by atoms with Gasteiger partial charge < -0.3 is 9.64 Å². The fraction of sp³-hybridized carbons (Fsp3) is 0.500. The number of rotatable bonds is 3. The maximum absolute atomic E-state index is 9.21. The number of ether oxygens (including phenoxy) is 1. The summed E-state index contributed by atoms with van der Waals surface area (Å²) >= 11 is 1.60. The molecule has 1 aliphatic heterocycles. The van der Waals surface area contributed by atoms with Gasteiger partial charge in [0.15, 0.2) is 6.40 Å². The van der Waals surface area contributed by atoms with Crippen molar-refractivity contribution in [3.8, 4) is 6.07 Å². The largest absolute Gasteiger partial charge is 0.483 e. The third kappa shape index (κ3) is 2.48. The van der Waals surface area contributed by atoms with E-state index in [9.17, 15) is 5.26 Å². The average molecular weight is 249 g/mol. The van der Waals surface area contributed by atoms with Crippen molar-refractivity contribution < 1.29 is 4.74 Å². The topological polar surface area (TPSA) is 48.6 Å². The van der Waals surface area contributed by atoms with Crippen molar-refractivity contribution >= 4 is 22.7 Å². The van der Waals surface area contributed by atoms with Crippen LogP contribution in [0.4, 0.5) is 5.00 Å². The molecule has 0 N–H and O–H groups in total. The standard InChI is InChI=1S/C12H15N3OS/c1-3-16-8-14-12-10(6-13)9-4-5-15(2)7-11(9)17-12/h8H,3-5,7H2,1-2H3/b14-8+. The van der Waals surface area contributed by atoms with Gasteiger partial charge in [-0.2, -0.15) is 5.26 Å². The van der Waals surface area contributed by atoms with Gasteiger partial charge in [0.25, 0.3) is 0 Å². The SMILES string of the molecule is CCO/C=N/c1sc2c(c1C#N)CCN(C)C2. The second-order valence-corrected chi connectivity index (χ2v) is 5.06. The van der Waals surface area contributed by atoms with Crippen LogP contribution in [0.15, 0.2) is 4.99 Å². The van der Waals surface area contributed by atoms with E-state index >= 15 is 0 Å². The van der Waals surface area contributed by atoms with Gasteiger partial charge in [0.1, 0.15) is 11.1 Å². The Morgan fingerprint density at radius 1 is 1.65 bits per heavy atom. The van der Waals surface area contributed by atoms with Gasteiger partial charge in [-0.15, -0.1) is 11.3 Å². The van der Waals surface area contributed by atoms with Crippen LogP contribution in [0.2, 0.25) is 0 Å². The number of hydrogen-bond acceptors (Lipinski definition) is 5. The van der Waals surface area contributed by atoms with E-state index in [1.54, 1.807) is 11.3 Å². The molecule has 0 spiro atoms. The molecule has 0 bridgehead atoms. The van der Waals surface area contributed by atoms with Crippen LogP contribution in [0.1, 0.15) is 22.9 Å². The highest BCUT2D eigenvalue weighted by molar-refractivity contribution is 7.16. The number of nitriles is 1. The van der Waals surface area contributed by atoms with Crippen LogP contribution < -0.4 is 0 Å². The maximum atomic E-state index is 9.21. The molecule has 0 fully saturated rings. The Kier molecular flexibility index (Phi) is 3.77. The van der Waals surface area contributed by atoms with Gasteiger partial charge in [0.2, 0.25) is 0 Å². The molecular formula is C12H15N3OS. The Balaban J connectivity index is 2.31. The minimum absolute atomic E-state index is 0.596. The summed E-state index contributed by atoms with van der Waals surface area (Å²) in [6, 6.07) is 2.27. The summed E-state index contributed by atoms with van der Waals surface area (Å²) < 4.78 is 5.09. The molecular weight excluding hydrogens is 234 g/mol. The van der Waals surface area contributed by atoms with Crippen LogP contribution in [-0.4, -0.2) is 31.5 Å². The molecule has 1 aliphatic rings. The van der Waals surface area contributed by atoms with E-state index in [2.05, 4.69) is 23.0 Å². The van der Waals surface area contributed by atoms with Crippen molar-refractivity contribution in [2.24, 2.45) is 4.99 Å². The van der Waals surface area contributed by atoms with Crippen LogP contribution in [0.3, 0.4) is 0 Å². The molecule has 0 unspecified atom stereocenters.